The van der Waals surface area contributed by atoms with Gasteiger partial charge < -0.3 is 5.32 Å². The fraction of sp³-hybridized carbons (Fsp3) is 0.467. The van der Waals surface area contributed by atoms with E-state index in [0.29, 0.717) is 18.0 Å². The van der Waals surface area contributed by atoms with E-state index in [9.17, 15) is 8.42 Å². The molecule has 0 saturated heterocycles. The third-order valence-corrected chi connectivity index (χ3v) is 4.91. The SMILES string of the molecule is C#CCN(CCC)S(=O)(=O)c1ccc(C)c(CNC)c1. The average molecular weight is 294 g/mol. The maximum absolute atomic E-state index is 12.6. The van der Waals surface area contributed by atoms with E-state index >= 15 is 0 Å². The standard InChI is InChI=1S/C15H22N2O2S/c1-5-9-17(10-6-2)20(18,19)15-8-7-13(3)14(11-15)12-16-4/h1,7-8,11,16H,6,9-10,12H2,2-4H3. The Bertz CT molecular complexity index is 588. The number of terminal acetylenes is 1. The van der Waals surface area contributed by atoms with Gasteiger partial charge in [-0.2, -0.15) is 4.31 Å². The Balaban J connectivity index is 3.20. The predicted molar refractivity (Wildman–Crippen MR) is 81.8 cm³/mol. The average Bonchev–Trinajstić information content (AvgIpc) is 2.41. The van der Waals surface area contributed by atoms with Gasteiger partial charge in [0, 0.05) is 13.1 Å². The van der Waals surface area contributed by atoms with Crippen molar-refractivity contribution in [3.63, 3.8) is 0 Å². The summed E-state index contributed by atoms with van der Waals surface area (Å²) in [4.78, 5) is 0.303. The number of hydrogen-bond acceptors (Lipinski definition) is 3. The first-order valence-electron chi connectivity index (χ1n) is 6.65. The molecule has 110 valence electrons. The summed E-state index contributed by atoms with van der Waals surface area (Å²) in [5.41, 5.74) is 2.04. The van der Waals surface area contributed by atoms with Gasteiger partial charge in [0.1, 0.15) is 0 Å². The first-order valence-corrected chi connectivity index (χ1v) is 8.09. The molecule has 20 heavy (non-hydrogen) atoms. The number of aryl methyl sites for hydroxylation is 1. The maximum atomic E-state index is 12.6. The summed E-state index contributed by atoms with van der Waals surface area (Å²) in [5, 5.41) is 3.04. The van der Waals surface area contributed by atoms with Gasteiger partial charge in [0.2, 0.25) is 10.0 Å². The molecule has 0 heterocycles. The lowest BCUT2D eigenvalue weighted by Gasteiger charge is -2.20. The van der Waals surface area contributed by atoms with Gasteiger partial charge in [-0.1, -0.05) is 18.9 Å². The first-order chi connectivity index (χ1) is 9.47. The van der Waals surface area contributed by atoms with E-state index in [-0.39, 0.29) is 6.54 Å². The number of sulfonamides is 1. The van der Waals surface area contributed by atoms with Crippen LogP contribution in [0.5, 0.6) is 0 Å². The van der Waals surface area contributed by atoms with Crippen LogP contribution >= 0.6 is 0 Å². The van der Waals surface area contributed by atoms with Gasteiger partial charge in [0.15, 0.2) is 0 Å². The monoisotopic (exact) mass is 294 g/mol. The van der Waals surface area contributed by atoms with Crippen LogP contribution in [0, 0.1) is 19.3 Å². The molecule has 0 spiro atoms. The van der Waals surface area contributed by atoms with Crippen molar-refractivity contribution in [2.24, 2.45) is 0 Å². The van der Waals surface area contributed by atoms with Crippen molar-refractivity contribution >= 4 is 10.0 Å². The van der Waals surface area contributed by atoms with Gasteiger partial charge in [-0.3, -0.25) is 0 Å². The lowest BCUT2D eigenvalue weighted by Crippen LogP contribution is -2.32. The number of rotatable bonds is 7. The van der Waals surface area contributed by atoms with Crippen molar-refractivity contribution in [3.05, 3.63) is 29.3 Å². The number of nitrogens with zero attached hydrogens (tertiary/aromatic N) is 1. The Morgan fingerprint density at radius 2 is 2.10 bits per heavy atom. The highest BCUT2D eigenvalue weighted by atomic mass is 32.2. The molecule has 4 nitrogen and oxygen atoms in total. The molecule has 5 heteroatoms. The van der Waals surface area contributed by atoms with E-state index in [1.165, 1.54) is 4.31 Å². The normalized spacial score (nSPS) is 11.6. The summed E-state index contributed by atoms with van der Waals surface area (Å²) in [6, 6.07) is 5.20. The highest BCUT2D eigenvalue weighted by molar-refractivity contribution is 7.89. The Morgan fingerprint density at radius 1 is 1.40 bits per heavy atom. The van der Waals surface area contributed by atoms with Crippen LogP contribution < -0.4 is 5.32 Å². The molecule has 0 radical (unpaired) electrons. The zero-order valence-electron chi connectivity index (χ0n) is 12.3. The lowest BCUT2D eigenvalue weighted by atomic mass is 10.1. The number of nitrogens with one attached hydrogen (secondary N) is 1. The molecule has 1 aromatic carbocycles. The van der Waals surface area contributed by atoms with Crippen LogP contribution in [0.4, 0.5) is 0 Å². The molecular formula is C15H22N2O2S. The lowest BCUT2D eigenvalue weighted by molar-refractivity contribution is 0.445. The molecule has 0 saturated carbocycles. The minimum atomic E-state index is -3.52. The molecule has 0 aliphatic heterocycles. The van der Waals surface area contributed by atoms with Crippen LogP contribution in [0.15, 0.2) is 23.1 Å². The summed E-state index contributed by atoms with van der Waals surface area (Å²) in [6.07, 6.45) is 6.00. The molecule has 0 bridgehead atoms. The molecule has 0 aliphatic rings. The van der Waals surface area contributed by atoms with Crippen LogP contribution in [-0.4, -0.2) is 32.9 Å². The van der Waals surface area contributed by atoms with Crippen LogP contribution in [0.2, 0.25) is 0 Å². The molecule has 0 unspecified atom stereocenters. The molecule has 1 aromatic rings. The maximum Gasteiger partial charge on any atom is 0.243 e. The second-order valence-electron chi connectivity index (χ2n) is 4.66. The molecule has 0 atom stereocenters. The largest absolute Gasteiger partial charge is 0.316 e. The quantitative estimate of drug-likeness (QED) is 0.779. The Morgan fingerprint density at radius 3 is 2.65 bits per heavy atom. The van der Waals surface area contributed by atoms with Crippen LogP contribution in [0.3, 0.4) is 0 Å². The summed E-state index contributed by atoms with van der Waals surface area (Å²) in [6.45, 7) is 5.07. The van der Waals surface area contributed by atoms with Gasteiger partial charge in [-0.05, 0) is 43.7 Å². The summed E-state index contributed by atoms with van der Waals surface area (Å²) in [5.74, 6) is 2.41. The minimum absolute atomic E-state index is 0.103. The fourth-order valence-electron chi connectivity index (χ4n) is 1.97. The van der Waals surface area contributed by atoms with Gasteiger partial charge >= 0.3 is 0 Å². The molecule has 0 amide bonds. The minimum Gasteiger partial charge on any atom is -0.316 e. The van der Waals surface area contributed by atoms with Crippen LogP contribution in [0.25, 0.3) is 0 Å². The third-order valence-electron chi connectivity index (χ3n) is 3.07. The first kappa shape index (κ1) is 16.7. The zero-order chi connectivity index (χ0) is 15.2. The van der Waals surface area contributed by atoms with Crippen molar-refractivity contribution in [3.8, 4) is 12.3 Å². The molecule has 0 aliphatic carbocycles. The molecule has 1 rings (SSSR count). The van der Waals surface area contributed by atoms with Crippen molar-refractivity contribution in [2.75, 3.05) is 20.1 Å². The summed E-state index contributed by atoms with van der Waals surface area (Å²) in [7, 11) is -1.68. The van der Waals surface area contributed by atoms with E-state index < -0.39 is 10.0 Å². The van der Waals surface area contributed by atoms with Gasteiger partial charge in [-0.15, -0.1) is 6.42 Å². The van der Waals surface area contributed by atoms with E-state index in [1.54, 1.807) is 12.1 Å². The number of benzene rings is 1. The molecule has 0 aromatic heterocycles. The fourth-order valence-corrected chi connectivity index (χ4v) is 3.47. The second-order valence-corrected chi connectivity index (χ2v) is 6.60. The summed E-state index contributed by atoms with van der Waals surface area (Å²) >= 11 is 0. The van der Waals surface area contributed by atoms with Crippen molar-refractivity contribution in [1.82, 2.24) is 9.62 Å². The smallest absolute Gasteiger partial charge is 0.243 e. The second kappa shape index (κ2) is 7.44. The highest BCUT2D eigenvalue weighted by Gasteiger charge is 2.23. The van der Waals surface area contributed by atoms with Crippen molar-refractivity contribution in [2.45, 2.75) is 31.7 Å². The molecule has 0 fully saturated rings. The topological polar surface area (TPSA) is 49.4 Å². The van der Waals surface area contributed by atoms with Crippen LogP contribution in [-0.2, 0) is 16.6 Å². The zero-order valence-corrected chi connectivity index (χ0v) is 13.1. The van der Waals surface area contributed by atoms with Gasteiger partial charge in [0.25, 0.3) is 0 Å². The van der Waals surface area contributed by atoms with Crippen LogP contribution in [0.1, 0.15) is 24.5 Å². The van der Waals surface area contributed by atoms with E-state index in [0.717, 1.165) is 17.5 Å². The molecular weight excluding hydrogens is 272 g/mol. The van der Waals surface area contributed by atoms with E-state index in [4.69, 9.17) is 6.42 Å². The Labute approximate surface area is 122 Å². The number of hydrogen-bond donors (Lipinski definition) is 1. The Kier molecular flexibility index (Phi) is 6.21. The Hall–Kier alpha value is -1.35. The van der Waals surface area contributed by atoms with E-state index in [2.05, 4.69) is 11.2 Å². The predicted octanol–water partition coefficient (Wildman–Crippen LogP) is 1.75. The van der Waals surface area contributed by atoms with Gasteiger partial charge in [-0.25, -0.2) is 8.42 Å². The van der Waals surface area contributed by atoms with Crippen molar-refractivity contribution in [1.29, 1.82) is 0 Å². The molecule has 1 N–H and O–H groups in total. The van der Waals surface area contributed by atoms with Gasteiger partial charge in [0.05, 0.1) is 11.4 Å². The van der Waals surface area contributed by atoms with E-state index in [1.807, 2.05) is 27.0 Å². The summed E-state index contributed by atoms with van der Waals surface area (Å²) < 4.78 is 26.5. The third kappa shape index (κ3) is 3.83. The highest BCUT2D eigenvalue weighted by Crippen LogP contribution is 2.19. The van der Waals surface area contributed by atoms with Crippen molar-refractivity contribution < 1.29 is 8.42 Å².